The fourth-order valence-corrected chi connectivity index (χ4v) is 6.17. The van der Waals surface area contributed by atoms with Crippen LogP contribution in [0.4, 0.5) is 0 Å². The predicted molar refractivity (Wildman–Crippen MR) is 136 cm³/mol. The molecule has 2 fully saturated rings. The second kappa shape index (κ2) is 7.84. The summed E-state index contributed by atoms with van der Waals surface area (Å²) in [6, 6.07) is 15.7. The van der Waals surface area contributed by atoms with Crippen LogP contribution < -0.4 is 10.9 Å². The number of amides is 1. The molecular formula is C28H24N6O2. The average molecular weight is 477 g/mol. The molecular weight excluding hydrogens is 452 g/mol. The molecule has 4 aromatic heterocycles. The Bertz CT molecular complexity index is 1680. The monoisotopic (exact) mass is 476 g/mol. The summed E-state index contributed by atoms with van der Waals surface area (Å²) in [5.74, 6) is 0.247. The highest BCUT2D eigenvalue weighted by atomic mass is 16.2. The average Bonchev–Trinajstić information content (AvgIpc) is 3.29. The molecule has 0 bridgehead atoms. The van der Waals surface area contributed by atoms with Gasteiger partial charge in [-0.25, -0.2) is 10.1 Å². The normalized spacial score (nSPS) is 22.9. The number of H-pyrrole nitrogens is 1. The molecule has 0 radical (unpaired) electrons. The number of aromatic nitrogens is 5. The standard InChI is InChI=1S/C28H24N6O2/c35-26-22-6-2-1-5-21(22)25(32-33-26)19-11-28(12-19)13-20(14-28)31-27(36)23-16-30-24-10-17(7-9-34(23)24)18-4-3-8-29-15-18/h1-10,15-16,19-20H,11-14H2,(H,31,36)(H,33,35). The number of carbonyl (C=O) groups excluding carboxylic acids is 1. The molecule has 1 amide bonds. The van der Waals surface area contributed by atoms with Crippen molar-refractivity contribution in [3.05, 3.63) is 95.1 Å². The van der Waals surface area contributed by atoms with Crippen LogP contribution in [0.5, 0.6) is 0 Å². The smallest absolute Gasteiger partial charge is 0.272 e. The molecule has 2 aliphatic carbocycles. The molecule has 0 atom stereocenters. The van der Waals surface area contributed by atoms with Gasteiger partial charge in [0.05, 0.1) is 17.3 Å². The first-order valence-electron chi connectivity index (χ1n) is 12.2. The first-order valence-corrected chi connectivity index (χ1v) is 12.2. The van der Waals surface area contributed by atoms with E-state index in [9.17, 15) is 9.59 Å². The molecule has 178 valence electrons. The molecule has 4 heterocycles. The third kappa shape index (κ3) is 3.32. The van der Waals surface area contributed by atoms with E-state index in [1.54, 1.807) is 12.4 Å². The third-order valence-corrected chi connectivity index (χ3v) is 7.91. The fraction of sp³-hybridized carbons (Fsp3) is 0.250. The zero-order chi connectivity index (χ0) is 24.3. The number of carbonyl (C=O) groups is 1. The molecule has 2 N–H and O–H groups in total. The molecule has 0 aliphatic heterocycles. The summed E-state index contributed by atoms with van der Waals surface area (Å²) < 4.78 is 1.83. The molecule has 5 aromatic rings. The van der Waals surface area contributed by atoms with Crippen molar-refractivity contribution in [1.82, 2.24) is 29.9 Å². The van der Waals surface area contributed by atoms with Gasteiger partial charge in [-0.2, -0.15) is 5.10 Å². The number of imidazole rings is 1. The lowest BCUT2D eigenvalue weighted by Crippen LogP contribution is -2.55. The van der Waals surface area contributed by atoms with Crippen LogP contribution >= 0.6 is 0 Å². The highest BCUT2D eigenvalue weighted by Gasteiger charge is 2.54. The predicted octanol–water partition coefficient (Wildman–Crippen LogP) is 4.09. The number of hydrogen-bond acceptors (Lipinski definition) is 5. The van der Waals surface area contributed by atoms with Crippen LogP contribution in [0.15, 0.2) is 78.1 Å². The van der Waals surface area contributed by atoms with Crippen LogP contribution in [-0.4, -0.2) is 36.5 Å². The van der Waals surface area contributed by atoms with Gasteiger partial charge in [0.2, 0.25) is 0 Å². The van der Waals surface area contributed by atoms with Gasteiger partial charge < -0.3 is 5.32 Å². The maximum Gasteiger partial charge on any atom is 0.272 e. The molecule has 8 nitrogen and oxygen atoms in total. The van der Waals surface area contributed by atoms with E-state index in [4.69, 9.17) is 0 Å². The molecule has 2 saturated carbocycles. The van der Waals surface area contributed by atoms with Gasteiger partial charge in [0, 0.05) is 41.5 Å². The van der Waals surface area contributed by atoms with Gasteiger partial charge in [0.1, 0.15) is 11.3 Å². The molecule has 2 aliphatic rings. The second-order valence-electron chi connectivity index (χ2n) is 10.2. The molecule has 0 saturated heterocycles. The second-order valence-corrected chi connectivity index (χ2v) is 10.2. The maximum atomic E-state index is 13.0. The van der Waals surface area contributed by atoms with Crippen molar-refractivity contribution < 1.29 is 4.79 Å². The van der Waals surface area contributed by atoms with Crippen molar-refractivity contribution >= 4 is 22.3 Å². The van der Waals surface area contributed by atoms with Crippen molar-refractivity contribution in [3.8, 4) is 11.1 Å². The quantitative estimate of drug-likeness (QED) is 0.407. The zero-order valence-electron chi connectivity index (χ0n) is 19.5. The van der Waals surface area contributed by atoms with Crippen LogP contribution in [0.2, 0.25) is 0 Å². The summed E-state index contributed by atoms with van der Waals surface area (Å²) in [5, 5.41) is 11.9. The van der Waals surface area contributed by atoms with Crippen LogP contribution in [0.3, 0.4) is 0 Å². The van der Waals surface area contributed by atoms with Crippen molar-refractivity contribution in [2.24, 2.45) is 5.41 Å². The highest BCUT2D eigenvalue weighted by Crippen LogP contribution is 2.62. The summed E-state index contributed by atoms with van der Waals surface area (Å²) in [4.78, 5) is 33.8. The molecule has 1 spiro atoms. The Kier molecular flexibility index (Phi) is 4.57. The largest absolute Gasteiger partial charge is 0.348 e. The SMILES string of the molecule is O=C(NC1CC2(C1)CC(c1n[nH]c(=O)c3ccccc13)C2)c1cnc2cc(-c3cccnc3)ccn12. The third-order valence-electron chi connectivity index (χ3n) is 7.91. The first-order chi connectivity index (χ1) is 17.6. The van der Waals surface area contributed by atoms with Gasteiger partial charge in [0.15, 0.2) is 0 Å². The van der Waals surface area contributed by atoms with E-state index in [-0.39, 0.29) is 22.9 Å². The number of nitrogens with one attached hydrogen (secondary N) is 2. The molecule has 7 rings (SSSR count). The van der Waals surface area contributed by atoms with E-state index < -0.39 is 0 Å². The highest BCUT2D eigenvalue weighted by molar-refractivity contribution is 5.93. The van der Waals surface area contributed by atoms with Crippen molar-refractivity contribution in [2.75, 3.05) is 0 Å². The van der Waals surface area contributed by atoms with Crippen molar-refractivity contribution in [1.29, 1.82) is 0 Å². The van der Waals surface area contributed by atoms with Crippen LogP contribution in [0, 0.1) is 5.41 Å². The van der Waals surface area contributed by atoms with E-state index in [2.05, 4.69) is 25.5 Å². The molecule has 8 heteroatoms. The summed E-state index contributed by atoms with van der Waals surface area (Å²) in [5.41, 5.74) is 4.40. The number of benzene rings is 1. The van der Waals surface area contributed by atoms with E-state index in [1.807, 2.05) is 65.3 Å². The van der Waals surface area contributed by atoms with E-state index in [0.29, 0.717) is 17.0 Å². The number of hydrogen-bond donors (Lipinski definition) is 2. The lowest BCUT2D eigenvalue weighted by molar-refractivity contribution is -0.0197. The summed E-state index contributed by atoms with van der Waals surface area (Å²) in [7, 11) is 0. The Morgan fingerprint density at radius 3 is 2.64 bits per heavy atom. The topological polar surface area (TPSA) is 105 Å². The van der Waals surface area contributed by atoms with Gasteiger partial charge in [-0.1, -0.05) is 24.3 Å². The Morgan fingerprint density at radius 1 is 1.00 bits per heavy atom. The Balaban J connectivity index is 1.01. The van der Waals surface area contributed by atoms with Crippen LogP contribution in [0.1, 0.15) is 47.8 Å². The lowest BCUT2D eigenvalue weighted by atomic mass is 9.49. The zero-order valence-corrected chi connectivity index (χ0v) is 19.5. The van der Waals surface area contributed by atoms with Gasteiger partial charge in [0.25, 0.3) is 11.5 Å². The Hall–Kier alpha value is -4.33. The summed E-state index contributed by atoms with van der Waals surface area (Å²) >= 11 is 0. The minimum atomic E-state index is -0.143. The van der Waals surface area contributed by atoms with E-state index in [0.717, 1.165) is 53.5 Å². The lowest BCUT2D eigenvalue weighted by Gasteiger charge is -2.57. The molecule has 0 unspecified atom stereocenters. The Morgan fingerprint density at radius 2 is 1.83 bits per heavy atom. The number of rotatable bonds is 4. The van der Waals surface area contributed by atoms with Gasteiger partial charge in [-0.15, -0.1) is 0 Å². The molecule has 36 heavy (non-hydrogen) atoms. The molecule has 1 aromatic carbocycles. The summed E-state index contributed by atoms with van der Waals surface area (Å²) in [6.07, 6.45) is 11.1. The van der Waals surface area contributed by atoms with Crippen molar-refractivity contribution in [3.63, 3.8) is 0 Å². The minimum absolute atomic E-state index is 0.0966. The van der Waals surface area contributed by atoms with Gasteiger partial charge in [-0.3, -0.25) is 19.0 Å². The van der Waals surface area contributed by atoms with E-state index in [1.165, 1.54) is 0 Å². The number of nitrogens with zero attached hydrogens (tertiary/aromatic N) is 4. The number of aromatic amines is 1. The fourth-order valence-electron chi connectivity index (χ4n) is 6.17. The van der Waals surface area contributed by atoms with Gasteiger partial charge >= 0.3 is 0 Å². The minimum Gasteiger partial charge on any atom is -0.348 e. The Labute approximate surface area is 206 Å². The van der Waals surface area contributed by atoms with E-state index >= 15 is 0 Å². The summed E-state index contributed by atoms with van der Waals surface area (Å²) in [6.45, 7) is 0. The number of fused-ring (bicyclic) bond motifs is 2. The first kappa shape index (κ1) is 21.0. The number of pyridine rings is 2. The maximum absolute atomic E-state index is 13.0. The van der Waals surface area contributed by atoms with Crippen molar-refractivity contribution in [2.45, 2.75) is 37.6 Å². The van der Waals surface area contributed by atoms with Gasteiger partial charge in [-0.05, 0) is 60.9 Å². The van der Waals surface area contributed by atoms with Crippen LogP contribution in [-0.2, 0) is 0 Å². The van der Waals surface area contributed by atoms with Crippen LogP contribution in [0.25, 0.3) is 27.5 Å².